The van der Waals surface area contributed by atoms with Crippen LogP contribution in [0.5, 0.6) is 5.75 Å². The molecule has 22 heavy (non-hydrogen) atoms. The van der Waals surface area contributed by atoms with Crippen molar-refractivity contribution in [2.24, 2.45) is 0 Å². The topological polar surface area (TPSA) is 72.5 Å². The highest BCUT2D eigenvalue weighted by molar-refractivity contribution is 9.10. The van der Waals surface area contributed by atoms with Crippen LogP contribution in [0.3, 0.4) is 0 Å². The standard InChI is InChI=1S/C14H17BrClNO4S/c1-9(21-12-4-3-10(16)7-11(12)15)13(18)17-14(2)5-6-22(19,20)8-14/h3-4,7,9H,5-6,8H2,1-2H3,(H,17,18). The maximum Gasteiger partial charge on any atom is 0.261 e. The molecule has 2 unspecified atom stereocenters. The third-order valence-corrected chi connectivity index (χ3v) is 6.25. The highest BCUT2D eigenvalue weighted by Gasteiger charge is 2.40. The summed E-state index contributed by atoms with van der Waals surface area (Å²) in [6, 6.07) is 5.00. The first-order chi connectivity index (χ1) is 10.1. The van der Waals surface area contributed by atoms with Gasteiger partial charge in [0.1, 0.15) is 5.75 Å². The van der Waals surface area contributed by atoms with Gasteiger partial charge in [-0.15, -0.1) is 0 Å². The van der Waals surface area contributed by atoms with E-state index in [1.807, 2.05) is 0 Å². The summed E-state index contributed by atoms with van der Waals surface area (Å²) in [5.41, 5.74) is -0.731. The average molecular weight is 411 g/mol. The molecule has 1 fully saturated rings. The molecule has 0 saturated carbocycles. The smallest absolute Gasteiger partial charge is 0.261 e. The molecule has 1 aromatic carbocycles. The van der Waals surface area contributed by atoms with Crippen LogP contribution in [0.2, 0.25) is 5.02 Å². The Labute approximate surface area is 143 Å². The summed E-state index contributed by atoms with van der Waals surface area (Å²) in [7, 11) is -3.07. The summed E-state index contributed by atoms with van der Waals surface area (Å²) in [6.07, 6.45) is -0.337. The van der Waals surface area contributed by atoms with E-state index in [0.717, 1.165) is 0 Å². The van der Waals surface area contributed by atoms with Gasteiger partial charge in [0.05, 0.1) is 21.5 Å². The van der Waals surface area contributed by atoms with Gasteiger partial charge in [-0.05, 0) is 54.4 Å². The molecule has 0 aliphatic carbocycles. The van der Waals surface area contributed by atoms with Crippen molar-refractivity contribution in [2.75, 3.05) is 11.5 Å². The van der Waals surface area contributed by atoms with Crippen molar-refractivity contribution in [1.82, 2.24) is 5.32 Å². The fourth-order valence-electron chi connectivity index (χ4n) is 2.32. The van der Waals surface area contributed by atoms with Crippen molar-refractivity contribution in [3.8, 4) is 5.75 Å². The lowest BCUT2D eigenvalue weighted by Crippen LogP contribution is -2.51. The van der Waals surface area contributed by atoms with Gasteiger partial charge >= 0.3 is 0 Å². The molecule has 1 aliphatic rings. The van der Waals surface area contributed by atoms with Crippen LogP contribution in [0, 0.1) is 0 Å². The van der Waals surface area contributed by atoms with E-state index in [0.29, 0.717) is 21.7 Å². The molecule has 0 bridgehead atoms. The van der Waals surface area contributed by atoms with E-state index in [1.165, 1.54) is 0 Å². The Hall–Kier alpha value is -0.790. The lowest BCUT2D eigenvalue weighted by molar-refractivity contribution is -0.128. The van der Waals surface area contributed by atoms with Crippen LogP contribution in [0.1, 0.15) is 20.3 Å². The zero-order valence-electron chi connectivity index (χ0n) is 12.2. The number of nitrogens with one attached hydrogen (secondary N) is 1. The average Bonchev–Trinajstić information content (AvgIpc) is 2.66. The summed E-state index contributed by atoms with van der Waals surface area (Å²) >= 11 is 9.17. The van der Waals surface area contributed by atoms with Crippen LogP contribution >= 0.6 is 27.5 Å². The quantitative estimate of drug-likeness (QED) is 0.828. The number of halogens is 2. The second-order valence-corrected chi connectivity index (χ2v) is 9.20. The number of carbonyl (C=O) groups excluding carboxylic acids is 1. The van der Waals surface area contributed by atoms with Crippen LogP contribution in [0.4, 0.5) is 0 Å². The van der Waals surface area contributed by atoms with Gasteiger partial charge in [0.2, 0.25) is 0 Å². The van der Waals surface area contributed by atoms with E-state index < -0.39 is 21.5 Å². The normalized spacial score (nSPS) is 24.7. The van der Waals surface area contributed by atoms with Gasteiger partial charge < -0.3 is 10.1 Å². The second kappa shape index (κ2) is 6.37. The summed E-state index contributed by atoms with van der Waals surface area (Å²) in [5.74, 6) is 0.211. The summed E-state index contributed by atoms with van der Waals surface area (Å²) in [6.45, 7) is 3.35. The van der Waals surface area contributed by atoms with Crippen molar-refractivity contribution >= 4 is 43.3 Å². The Morgan fingerprint density at radius 3 is 2.73 bits per heavy atom. The number of rotatable bonds is 4. The molecular formula is C14H17BrClNO4S. The molecular weight excluding hydrogens is 394 g/mol. The number of hydrogen-bond donors (Lipinski definition) is 1. The minimum Gasteiger partial charge on any atom is -0.480 e. The molecule has 1 saturated heterocycles. The molecule has 1 amide bonds. The van der Waals surface area contributed by atoms with E-state index in [2.05, 4.69) is 21.2 Å². The monoisotopic (exact) mass is 409 g/mol. The van der Waals surface area contributed by atoms with E-state index in [4.69, 9.17) is 16.3 Å². The third-order valence-electron chi connectivity index (χ3n) is 3.50. The van der Waals surface area contributed by atoms with Crippen molar-refractivity contribution in [3.05, 3.63) is 27.7 Å². The molecule has 0 radical (unpaired) electrons. The molecule has 2 atom stereocenters. The number of amides is 1. The molecule has 1 heterocycles. The number of benzene rings is 1. The molecule has 1 N–H and O–H groups in total. The Morgan fingerprint density at radius 2 is 2.18 bits per heavy atom. The van der Waals surface area contributed by atoms with Crippen LogP contribution in [0.15, 0.2) is 22.7 Å². The van der Waals surface area contributed by atoms with Gasteiger partial charge in [-0.25, -0.2) is 8.42 Å². The van der Waals surface area contributed by atoms with Gasteiger partial charge in [0.15, 0.2) is 15.9 Å². The Morgan fingerprint density at radius 1 is 1.50 bits per heavy atom. The predicted molar refractivity (Wildman–Crippen MR) is 89.1 cm³/mol. The zero-order valence-corrected chi connectivity index (χ0v) is 15.4. The van der Waals surface area contributed by atoms with Gasteiger partial charge in [-0.3, -0.25) is 4.79 Å². The van der Waals surface area contributed by atoms with Crippen molar-refractivity contribution in [3.63, 3.8) is 0 Å². The maximum atomic E-state index is 12.2. The lowest BCUT2D eigenvalue weighted by atomic mass is 10.0. The summed E-state index contributed by atoms with van der Waals surface area (Å²) in [4.78, 5) is 12.2. The molecule has 0 aromatic heterocycles. The minimum atomic E-state index is -3.07. The van der Waals surface area contributed by atoms with Crippen LogP contribution < -0.4 is 10.1 Å². The second-order valence-electron chi connectivity index (χ2n) is 5.73. The van der Waals surface area contributed by atoms with E-state index in [-0.39, 0.29) is 17.4 Å². The van der Waals surface area contributed by atoms with Crippen molar-refractivity contribution in [2.45, 2.75) is 31.9 Å². The largest absolute Gasteiger partial charge is 0.480 e. The highest BCUT2D eigenvalue weighted by Crippen LogP contribution is 2.29. The Bertz CT molecular complexity index is 694. The lowest BCUT2D eigenvalue weighted by Gasteiger charge is -2.26. The zero-order chi connectivity index (χ0) is 16.5. The van der Waals surface area contributed by atoms with E-state index >= 15 is 0 Å². The number of ether oxygens (including phenoxy) is 1. The van der Waals surface area contributed by atoms with Gasteiger partial charge in [-0.2, -0.15) is 0 Å². The van der Waals surface area contributed by atoms with E-state index in [9.17, 15) is 13.2 Å². The van der Waals surface area contributed by atoms with E-state index in [1.54, 1.807) is 32.0 Å². The third kappa shape index (κ3) is 4.36. The number of carbonyl (C=O) groups is 1. The Kier molecular flexibility index (Phi) is 5.09. The van der Waals surface area contributed by atoms with Crippen LogP contribution in [-0.4, -0.2) is 37.5 Å². The first-order valence-electron chi connectivity index (χ1n) is 6.74. The first kappa shape index (κ1) is 17.6. The highest BCUT2D eigenvalue weighted by atomic mass is 79.9. The predicted octanol–water partition coefficient (Wildman–Crippen LogP) is 2.56. The molecule has 1 aliphatic heterocycles. The summed E-state index contributed by atoms with van der Waals surface area (Å²) < 4.78 is 29.4. The molecule has 1 aromatic rings. The fourth-order valence-corrected chi connectivity index (χ4v) is 5.19. The first-order valence-corrected chi connectivity index (χ1v) is 9.74. The summed E-state index contributed by atoms with van der Waals surface area (Å²) in [5, 5.41) is 3.33. The minimum absolute atomic E-state index is 0.0386. The van der Waals surface area contributed by atoms with Gasteiger partial charge in [-0.1, -0.05) is 11.6 Å². The molecule has 122 valence electrons. The number of hydrogen-bond acceptors (Lipinski definition) is 4. The van der Waals surface area contributed by atoms with Crippen LogP contribution in [-0.2, 0) is 14.6 Å². The Balaban J connectivity index is 2.01. The van der Waals surface area contributed by atoms with Gasteiger partial charge in [0, 0.05) is 5.02 Å². The molecule has 5 nitrogen and oxygen atoms in total. The molecule has 0 spiro atoms. The SMILES string of the molecule is CC(Oc1ccc(Cl)cc1Br)C(=O)NC1(C)CCS(=O)(=O)C1. The molecule has 8 heteroatoms. The van der Waals surface area contributed by atoms with Gasteiger partial charge in [0.25, 0.3) is 5.91 Å². The number of sulfone groups is 1. The molecule has 2 rings (SSSR count). The maximum absolute atomic E-state index is 12.2. The van der Waals surface area contributed by atoms with Crippen molar-refractivity contribution in [1.29, 1.82) is 0 Å². The fraction of sp³-hybridized carbons (Fsp3) is 0.500. The van der Waals surface area contributed by atoms with Crippen molar-refractivity contribution < 1.29 is 17.9 Å². The van der Waals surface area contributed by atoms with Crippen LogP contribution in [0.25, 0.3) is 0 Å².